The van der Waals surface area contributed by atoms with E-state index in [0.717, 1.165) is 6.42 Å². The number of hydrogen-bond acceptors (Lipinski definition) is 10. The summed E-state index contributed by atoms with van der Waals surface area (Å²) in [5.74, 6) is 1.97. The van der Waals surface area contributed by atoms with E-state index in [9.17, 15) is 9.18 Å². The zero-order valence-electron chi connectivity index (χ0n) is 42.4. The number of hydrogen-bond donors (Lipinski definition) is 0. The van der Waals surface area contributed by atoms with Crippen LogP contribution in [0.1, 0.15) is 110 Å². The van der Waals surface area contributed by atoms with Crippen LogP contribution in [0.4, 0.5) is 23.8 Å². The molecule has 11 nitrogen and oxygen atoms in total. The fraction of sp³-hybridized carbons (Fsp3) is 0.600. The molecular formula is C50H65F3N6O5Si. The number of halogens is 3. The van der Waals surface area contributed by atoms with Crippen molar-refractivity contribution in [2.24, 2.45) is 0 Å². The van der Waals surface area contributed by atoms with Crippen LogP contribution in [0.3, 0.4) is 0 Å². The molecule has 4 aromatic rings. The predicted octanol–water partition coefficient (Wildman–Crippen LogP) is 10.5. The van der Waals surface area contributed by atoms with Crippen molar-refractivity contribution in [1.29, 1.82) is 0 Å². The zero-order chi connectivity index (χ0) is 49.2. The molecule has 4 aliphatic rings. The third kappa shape index (κ3) is 8.63. The second-order valence-corrected chi connectivity index (χ2v) is 26.0. The van der Waals surface area contributed by atoms with Crippen molar-refractivity contribution >= 4 is 41.7 Å². The number of aromatic nitrogens is 3. The standard InChI is InChI=1S/C50H65F3N6O5Si/c1-29(2)65(30(3)4,31(5)6)20-17-38-40(52)16-13-33-21-37(63-28-61-11)22-39(42(33)38)44-43(53)45-41(32(7)54-44)46(56-47(55-45)62-27-50-18-12-19-58(50)24-34(51)23-50)57-25-35-14-15-36(26-57)59(35)48(60)64-49(8,9)10/h13,16,21-22,29-31,34-36H,12,14-15,18-19,23-28H2,1-11H3/t34-,35?,36?,50+/m1/s1/i7D3. The van der Waals surface area contributed by atoms with Gasteiger partial charge in [-0.05, 0) is 100 Å². The van der Waals surface area contributed by atoms with E-state index >= 15 is 8.78 Å². The number of anilines is 1. The maximum atomic E-state index is 18.3. The first kappa shape index (κ1) is 42.9. The Hall–Kier alpha value is -4.65. The van der Waals surface area contributed by atoms with Crippen LogP contribution in [0.25, 0.3) is 32.9 Å². The van der Waals surface area contributed by atoms with Crippen molar-refractivity contribution in [3.63, 3.8) is 0 Å². The first-order chi connectivity index (χ1) is 32.0. The summed E-state index contributed by atoms with van der Waals surface area (Å²) in [6.07, 6.45) is 1.66. The van der Waals surface area contributed by atoms with Crippen LogP contribution in [0.15, 0.2) is 24.3 Å². The van der Waals surface area contributed by atoms with Crippen LogP contribution in [0.2, 0.25) is 16.6 Å². The fourth-order valence-electron chi connectivity index (χ4n) is 11.5. The molecule has 2 aromatic heterocycles. The van der Waals surface area contributed by atoms with Crippen molar-refractivity contribution in [2.75, 3.05) is 51.6 Å². The van der Waals surface area contributed by atoms with E-state index in [0.29, 0.717) is 31.2 Å². The van der Waals surface area contributed by atoms with E-state index in [4.69, 9.17) is 33.0 Å². The van der Waals surface area contributed by atoms with Gasteiger partial charge in [0, 0.05) is 48.2 Å². The van der Waals surface area contributed by atoms with E-state index in [-0.39, 0.29) is 113 Å². The highest BCUT2D eigenvalue weighted by Gasteiger charge is 2.50. The minimum absolute atomic E-state index is 0.0279. The number of aryl methyl sites for hydroxylation is 1. The largest absolute Gasteiger partial charge is 0.468 e. The lowest BCUT2D eigenvalue weighted by atomic mass is 9.95. The molecule has 0 radical (unpaired) electrons. The molecule has 2 bridgehead atoms. The van der Waals surface area contributed by atoms with Gasteiger partial charge in [0.2, 0.25) is 0 Å². The van der Waals surface area contributed by atoms with Gasteiger partial charge in [0.05, 0.1) is 34.3 Å². The van der Waals surface area contributed by atoms with Gasteiger partial charge in [-0.15, -0.1) is 5.54 Å². The Kier molecular flexibility index (Phi) is 11.8. The number of carbonyl (C=O) groups excluding carboxylic acids is 1. The van der Waals surface area contributed by atoms with Gasteiger partial charge < -0.3 is 23.8 Å². The number of piperazine rings is 1. The highest BCUT2D eigenvalue weighted by atomic mass is 28.3. The second-order valence-electron chi connectivity index (χ2n) is 20.4. The summed E-state index contributed by atoms with van der Waals surface area (Å²) in [6.45, 7) is 16.7. The number of rotatable bonds is 11. The number of alkyl halides is 1. The Balaban J connectivity index is 1.37. The van der Waals surface area contributed by atoms with Crippen LogP contribution in [-0.4, -0.2) is 115 Å². The predicted molar refractivity (Wildman–Crippen MR) is 251 cm³/mol. The molecule has 0 spiro atoms. The number of amides is 1. The summed E-state index contributed by atoms with van der Waals surface area (Å²) in [5.41, 5.74) is 1.79. The van der Waals surface area contributed by atoms with Gasteiger partial charge in [-0.2, -0.15) is 9.97 Å². The van der Waals surface area contributed by atoms with Gasteiger partial charge >= 0.3 is 12.1 Å². The van der Waals surface area contributed by atoms with Gasteiger partial charge in [-0.1, -0.05) is 53.5 Å². The molecule has 1 amide bonds. The molecule has 2 unspecified atom stereocenters. The normalized spacial score (nSPS) is 23.3. The molecule has 2 aromatic carbocycles. The number of fused-ring (bicyclic) bond motifs is 5. The highest BCUT2D eigenvalue weighted by Crippen LogP contribution is 2.45. The second kappa shape index (κ2) is 17.9. The minimum atomic E-state index is -2.95. The summed E-state index contributed by atoms with van der Waals surface area (Å²) in [7, 11) is -0.977. The molecule has 0 N–H and O–H groups in total. The Morgan fingerprint density at radius 2 is 1.69 bits per heavy atom. The van der Waals surface area contributed by atoms with Crippen molar-refractivity contribution in [3.05, 3.63) is 47.2 Å². The van der Waals surface area contributed by atoms with E-state index in [1.807, 2.05) is 25.7 Å². The lowest BCUT2D eigenvalue weighted by molar-refractivity contribution is 0.0122. The maximum Gasteiger partial charge on any atom is 0.410 e. The number of carbonyl (C=O) groups is 1. The number of methoxy groups -OCH3 is 1. The number of ether oxygens (including phenoxy) is 4. The molecule has 350 valence electrons. The van der Waals surface area contributed by atoms with Crippen molar-refractivity contribution in [1.82, 2.24) is 24.8 Å². The molecule has 6 heterocycles. The van der Waals surface area contributed by atoms with Crippen molar-refractivity contribution < 1.29 is 41.0 Å². The van der Waals surface area contributed by atoms with Crippen LogP contribution >= 0.6 is 0 Å². The first-order valence-electron chi connectivity index (χ1n) is 24.6. The molecule has 65 heavy (non-hydrogen) atoms. The Morgan fingerprint density at radius 1 is 0.985 bits per heavy atom. The van der Waals surface area contributed by atoms with E-state index in [1.165, 1.54) is 19.2 Å². The third-order valence-corrected chi connectivity index (χ3v) is 20.6. The first-order valence-corrected chi connectivity index (χ1v) is 25.3. The van der Waals surface area contributed by atoms with Gasteiger partial charge in [0.1, 0.15) is 55.0 Å². The minimum Gasteiger partial charge on any atom is -0.468 e. The molecule has 4 atom stereocenters. The average Bonchev–Trinajstić information content (AvgIpc) is 3.87. The molecule has 0 aliphatic carbocycles. The quantitative estimate of drug-likeness (QED) is 0.0821. The van der Waals surface area contributed by atoms with Gasteiger partial charge in [-0.25, -0.2) is 22.9 Å². The van der Waals surface area contributed by atoms with Gasteiger partial charge in [-0.3, -0.25) is 9.80 Å². The summed E-state index contributed by atoms with van der Waals surface area (Å²) in [5, 5.41) is 0.542. The van der Waals surface area contributed by atoms with Crippen LogP contribution in [-0.2, 0) is 9.47 Å². The summed E-state index contributed by atoms with van der Waals surface area (Å²) < 4.78 is 99.9. The summed E-state index contributed by atoms with van der Waals surface area (Å²) >= 11 is 0. The monoisotopic (exact) mass is 917 g/mol. The molecular weight excluding hydrogens is 850 g/mol. The molecule has 15 heteroatoms. The Labute approximate surface area is 387 Å². The van der Waals surface area contributed by atoms with Crippen LogP contribution in [0.5, 0.6) is 11.8 Å². The zero-order valence-corrected chi connectivity index (χ0v) is 40.4. The topological polar surface area (TPSA) is 102 Å². The SMILES string of the molecule is [2H]C([2H])([2H])c1nc(-c2cc(OCOC)cc3ccc(F)c(C#C[Si](C(C)C)(C(C)C)C(C)C)c23)c(F)c2nc(OC[C@@]34CCCN3C[C@H](F)C4)nc(N3CC4CCC(C3)N4C(=O)OC(C)(C)C)c12. The molecule has 4 aliphatic heterocycles. The van der Waals surface area contributed by atoms with E-state index in [2.05, 4.69) is 62.9 Å². The van der Waals surface area contributed by atoms with Crippen molar-refractivity contribution in [3.8, 4) is 34.5 Å². The lowest BCUT2D eigenvalue weighted by Gasteiger charge is -2.42. The van der Waals surface area contributed by atoms with Crippen LogP contribution in [0, 0.1) is 30.0 Å². The molecule has 4 saturated heterocycles. The number of pyridine rings is 1. The smallest absolute Gasteiger partial charge is 0.410 e. The van der Waals surface area contributed by atoms with E-state index in [1.54, 1.807) is 17.0 Å². The number of nitrogens with zero attached hydrogens (tertiary/aromatic N) is 6. The lowest BCUT2D eigenvalue weighted by Crippen LogP contribution is -2.57. The van der Waals surface area contributed by atoms with Crippen molar-refractivity contribution in [2.45, 2.75) is 147 Å². The highest BCUT2D eigenvalue weighted by molar-refractivity contribution is 6.90. The Morgan fingerprint density at radius 3 is 2.34 bits per heavy atom. The third-order valence-electron chi connectivity index (χ3n) is 14.3. The molecule has 8 rings (SSSR count). The fourth-order valence-corrected chi connectivity index (χ4v) is 16.7. The van der Waals surface area contributed by atoms with Gasteiger partial charge in [0.25, 0.3) is 0 Å². The molecule has 0 saturated carbocycles. The summed E-state index contributed by atoms with van der Waals surface area (Å²) in [6, 6.07) is 5.18. The molecule has 4 fully saturated rings. The average molecular weight is 918 g/mol. The summed E-state index contributed by atoms with van der Waals surface area (Å²) in [4.78, 5) is 33.4. The Bertz CT molecular complexity index is 2620. The van der Waals surface area contributed by atoms with Gasteiger partial charge in [0.15, 0.2) is 12.6 Å². The maximum absolute atomic E-state index is 18.3. The van der Waals surface area contributed by atoms with E-state index < -0.39 is 61.4 Å². The van der Waals surface area contributed by atoms with Crippen LogP contribution < -0.4 is 14.4 Å². The number of benzene rings is 2.